The highest BCUT2D eigenvalue weighted by Crippen LogP contribution is 2.25. The number of nitrogens with zero attached hydrogens (tertiary/aromatic N) is 3. The normalized spacial score (nSPS) is 19.3. The Kier molecular flexibility index (Phi) is 7.22. The number of amides is 1. The van der Waals surface area contributed by atoms with Gasteiger partial charge in [0.25, 0.3) is 11.5 Å². The molecule has 4 rings (SSSR count). The van der Waals surface area contributed by atoms with E-state index in [1.165, 1.54) is 6.07 Å². The van der Waals surface area contributed by atoms with Gasteiger partial charge in [-0.3, -0.25) is 14.5 Å². The van der Waals surface area contributed by atoms with Crippen LogP contribution in [0.3, 0.4) is 0 Å². The van der Waals surface area contributed by atoms with E-state index in [-0.39, 0.29) is 28.8 Å². The molecule has 0 saturated carbocycles. The number of para-hydroxylation sites is 1. The third-order valence-corrected chi connectivity index (χ3v) is 6.39. The predicted octanol–water partition coefficient (Wildman–Crippen LogP) is 1.88. The summed E-state index contributed by atoms with van der Waals surface area (Å²) < 4.78 is 21.0. The van der Waals surface area contributed by atoms with Crippen LogP contribution in [0.2, 0.25) is 0 Å². The van der Waals surface area contributed by atoms with Crippen molar-refractivity contribution in [2.75, 3.05) is 57.4 Å². The summed E-state index contributed by atoms with van der Waals surface area (Å²) in [7, 11) is 0. The Hall–Kier alpha value is -2.71. The standard InChI is InChI=1S/C24H31FN4O3/c1-18-6-8-28(11-10-27-12-14-32-15-13-27)24(31)22(18)23(30)26-16-19-7-9-29(17-19)21-5-3-2-4-20(21)25/h2-6,8,19H,7,9-17H2,1H3,(H,26,30). The van der Waals surface area contributed by atoms with Crippen LogP contribution >= 0.6 is 0 Å². The van der Waals surface area contributed by atoms with Gasteiger partial charge in [-0.25, -0.2) is 4.39 Å². The van der Waals surface area contributed by atoms with E-state index in [0.717, 1.165) is 32.6 Å². The van der Waals surface area contributed by atoms with Crippen molar-refractivity contribution in [2.45, 2.75) is 19.9 Å². The summed E-state index contributed by atoms with van der Waals surface area (Å²) in [6.07, 6.45) is 2.63. The predicted molar refractivity (Wildman–Crippen MR) is 122 cm³/mol. The second-order valence-electron chi connectivity index (χ2n) is 8.59. The molecule has 2 aliphatic rings. The first-order chi connectivity index (χ1) is 15.5. The zero-order valence-corrected chi connectivity index (χ0v) is 18.6. The third-order valence-electron chi connectivity index (χ3n) is 6.39. The summed E-state index contributed by atoms with van der Waals surface area (Å²) >= 11 is 0. The first kappa shape index (κ1) is 22.5. The Bertz CT molecular complexity index is 1000. The van der Waals surface area contributed by atoms with Crippen LogP contribution in [0.15, 0.2) is 41.3 Å². The Balaban J connectivity index is 1.35. The maximum Gasteiger partial charge on any atom is 0.263 e. The van der Waals surface area contributed by atoms with E-state index in [1.807, 2.05) is 17.0 Å². The highest BCUT2D eigenvalue weighted by Gasteiger charge is 2.25. The second kappa shape index (κ2) is 10.3. The Morgan fingerprint density at radius 3 is 2.72 bits per heavy atom. The van der Waals surface area contributed by atoms with Crippen molar-refractivity contribution in [3.63, 3.8) is 0 Å². The van der Waals surface area contributed by atoms with E-state index in [9.17, 15) is 14.0 Å². The number of hydrogen-bond donors (Lipinski definition) is 1. The number of aryl methyl sites for hydroxylation is 1. The van der Waals surface area contributed by atoms with Gasteiger partial charge in [0.05, 0.1) is 18.9 Å². The number of carbonyl (C=O) groups excluding carboxylic acids is 1. The fraction of sp³-hybridized carbons (Fsp3) is 0.500. The molecule has 32 heavy (non-hydrogen) atoms. The lowest BCUT2D eigenvalue weighted by molar-refractivity contribution is 0.0362. The molecule has 0 aliphatic carbocycles. The lowest BCUT2D eigenvalue weighted by atomic mass is 10.1. The average Bonchev–Trinajstić information content (AvgIpc) is 3.27. The van der Waals surface area contributed by atoms with E-state index in [1.54, 1.807) is 29.8 Å². The maximum absolute atomic E-state index is 14.1. The van der Waals surface area contributed by atoms with Crippen LogP contribution < -0.4 is 15.8 Å². The van der Waals surface area contributed by atoms with Crippen molar-refractivity contribution in [1.29, 1.82) is 0 Å². The molecular formula is C24H31FN4O3. The lowest BCUT2D eigenvalue weighted by Gasteiger charge is -2.26. The Morgan fingerprint density at radius 2 is 1.94 bits per heavy atom. The molecule has 1 atom stereocenters. The molecule has 3 heterocycles. The number of carbonyl (C=O) groups is 1. The number of morpholine rings is 1. The molecule has 2 aromatic rings. The van der Waals surface area contributed by atoms with Crippen molar-refractivity contribution in [3.05, 3.63) is 63.8 Å². The summed E-state index contributed by atoms with van der Waals surface area (Å²) in [5, 5.41) is 2.94. The summed E-state index contributed by atoms with van der Waals surface area (Å²) in [5.74, 6) is -0.349. The minimum absolute atomic E-state index is 0.207. The van der Waals surface area contributed by atoms with Crippen molar-refractivity contribution in [2.24, 2.45) is 5.92 Å². The molecule has 7 nitrogen and oxygen atoms in total. The number of pyridine rings is 1. The van der Waals surface area contributed by atoms with Gasteiger partial charge in [0.15, 0.2) is 0 Å². The van der Waals surface area contributed by atoms with Gasteiger partial charge < -0.3 is 19.5 Å². The molecule has 2 saturated heterocycles. The van der Waals surface area contributed by atoms with Crippen molar-refractivity contribution >= 4 is 11.6 Å². The third kappa shape index (κ3) is 5.19. The molecule has 0 radical (unpaired) electrons. The average molecular weight is 443 g/mol. The molecule has 1 amide bonds. The summed E-state index contributed by atoms with van der Waals surface area (Å²) in [5.41, 5.74) is 1.23. The van der Waals surface area contributed by atoms with Crippen LogP contribution in [0.5, 0.6) is 0 Å². The van der Waals surface area contributed by atoms with E-state index < -0.39 is 0 Å². The number of benzene rings is 1. The molecule has 8 heteroatoms. The molecule has 1 aromatic heterocycles. The monoisotopic (exact) mass is 442 g/mol. The van der Waals surface area contributed by atoms with Gasteiger partial charge in [-0.2, -0.15) is 0 Å². The van der Waals surface area contributed by atoms with Crippen LogP contribution in [-0.4, -0.2) is 67.9 Å². The SMILES string of the molecule is Cc1ccn(CCN2CCOCC2)c(=O)c1C(=O)NCC1CCN(c2ccccc2F)C1. The first-order valence-corrected chi connectivity index (χ1v) is 11.3. The zero-order valence-electron chi connectivity index (χ0n) is 18.6. The molecule has 1 aromatic carbocycles. The first-order valence-electron chi connectivity index (χ1n) is 11.3. The number of anilines is 1. The lowest BCUT2D eigenvalue weighted by Crippen LogP contribution is -2.40. The molecule has 1 N–H and O–H groups in total. The quantitative estimate of drug-likeness (QED) is 0.709. The topological polar surface area (TPSA) is 66.8 Å². The van der Waals surface area contributed by atoms with Gasteiger partial charge in [0, 0.05) is 52.0 Å². The van der Waals surface area contributed by atoms with Crippen molar-refractivity contribution in [1.82, 2.24) is 14.8 Å². The smallest absolute Gasteiger partial charge is 0.263 e. The molecule has 172 valence electrons. The Morgan fingerprint density at radius 1 is 1.16 bits per heavy atom. The van der Waals surface area contributed by atoms with E-state index in [2.05, 4.69) is 10.2 Å². The largest absolute Gasteiger partial charge is 0.379 e. The minimum Gasteiger partial charge on any atom is -0.379 e. The minimum atomic E-state index is -0.336. The molecule has 2 fully saturated rings. The van der Waals surface area contributed by atoms with Crippen molar-refractivity contribution < 1.29 is 13.9 Å². The molecule has 1 unspecified atom stereocenters. The fourth-order valence-electron chi connectivity index (χ4n) is 4.44. The van der Waals surface area contributed by atoms with Crippen molar-refractivity contribution in [3.8, 4) is 0 Å². The summed E-state index contributed by atoms with van der Waals surface area (Å²) in [6.45, 7) is 8.12. The summed E-state index contributed by atoms with van der Waals surface area (Å²) in [4.78, 5) is 30.1. The van der Waals surface area contributed by atoms with E-state index in [4.69, 9.17) is 4.74 Å². The summed E-state index contributed by atoms with van der Waals surface area (Å²) in [6, 6.07) is 8.58. The number of rotatable bonds is 7. The maximum atomic E-state index is 14.1. The fourth-order valence-corrected chi connectivity index (χ4v) is 4.44. The van der Waals surface area contributed by atoms with Gasteiger partial charge in [-0.05, 0) is 43.0 Å². The van der Waals surface area contributed by atoms with Crippen LogP contribution in [-0.2, 0) is 11.3 Å². The highest BCUT2D eigenvalue weighted by atomic mass is 19.1. The molecule has 2 aliphatic heterocycles. The Labute approximate surface area is 187 Å². The second-order valence-corrected chi connectivity index (χ2v) is 8.59. The zero-order chi connectivity index (χ0) is 22.5. The number of halogens is 1. The molecule has 0 spiro atoms. The van der Waals surface area contributed by atoms with Gasteiger partial charge in [-0.1, -0.05) is 12.1 Å². The van der Waals surface area contributed by atoms with Gasteiger partial charge in [0.2, 0.25) is 0 Å². The number of hydrogen-bond acceptors (Lipinski definition) is 5. The number of aromatic nitrogens is 1. The van der Waals surface area contributed by atoms with Crippen LogP contribution in [0, 0.1) is 18.7 Å². The van der Waals surface area contributed by atoms with Gasteiger partial charge >= 0.3 is 0 Å². The van der Waals surface area contributed by atoms with Gasteiger partial charge in [-0.15, -0.1) is 0 Å². The number of ether oxygens (including phenoxy) is 1. The molecular weight excluding hydrogens is 411 g/mol. The molecule has 0 bridgehead atoms. The number of nitrogens with one attached hydrogen (secondary N) is 1. The van der Waals surface area contributed by atoms with Crippen LogP contribution in [0.1, 0.15) is 22.3 Å². The highest BCUT2D eigenvalue weighted by molar-refractivity contribution is 5.95. The van der Waals surface area contributed by atoms with Crippen LogP contribution in [0.4, 0.5) is 10.1 Å². The van der Waals surface area contributed by atoms with Crippen LogP contribution in [0.25, 0.3) is 0 Å². The van der Waals surface area contributed by atoms with Gasteiger partial charge in [0.1, 0.15) is 11.4 Å². The van der Waals surface area contributed by atoms with E-state index >= 15 is 0 Å². The van der Waals surface area contributed by atoms with E-state index in [0.29, 0.717) is 44.1 Å².